The first kappa shape index (κ1) is 13.5. The Bertz CT molecular complexity index is 800. The number of halogens is 1. The quantitative estimate of drug-likeness (QED) is 0.779. The van der Waals surface area contributed by atoms with Gasteiger partial charge in [0.05, 0.1) is 0 Å². The van der Waals surface area contributed by atoms with Gasteiger partial charge in [0.15, 0.2) is 6.61 Å². The number of fused-ring (bicyclic) bond motifs is 1. The number of aromatic nitrogens is 1. The van der Waals surface area contributed by atoms with Crippen molar-refractivity contribution in [1.29, 1.82) is 5.26 Å². The molecule has 0 aliphatic rings. The van der Waals surface area contributed by atoms with E-state index in [2.05, 4.69) is 11.1 Å². The van der Waals surface area contributed by atoms with Crippen LogP contribution in [0.25, 0.3) is 10.9 Å². The summed E-state index contributed by atoms with van der Waals surface area (Å²) in [6, 6.07) is 17.7. The molecular formula is C17H13ClN2O. The molecule has 0 unspecified atom stereocenters. The van der Waals surface area contributed by atoms with E-state index in [1.54, 1.807) is 0 Å². The van der Waals surface area contributed by atoms with Crippen LogP contribution in [0.4, 0.5) is 0 Å². The van der Waals surface area contributed by atoms with Gasteiger partial charge in [0.2, 0.25) is 0 Å². The molecular weight excluding hydrogens is 284 g/mol. The fourth-order valence-electron chi connectivity index (χ4n) is 2.29. The molecule has 1 aromatic heterocycles. The minimum absolute atomic E-state index is 0.0631. The Labute approximate surface area is 127 Å². The molecule has 3 aromatic rings. The first-order valence-corrected chi connectivity index (χ1v) is 6.98. The fourth-order valence-corrected chi connectivity index (χ4v) is 2.42. The van der Waals surface area contributed by atoms with Crippen molar-refractivity contribution in [3.05, 3.63) is 64.8 Å². The Hall–Kier alpha value is -2.44. The predicted octanol–water partition coefficient (Wildman–Crippen LogP) is 4.31. The lowest BCUT2D eigenvalue weighted by Crippen LogP contribution is -1.92. The molecule has 0 radical (unpaired) electrons. The Balaban J connectivity index is 1.83. The zero-order chi connectivity index (χ0) is 14.7. The molecule has 0 bridgehead atoms. The molecule has 2 aromatic carbocycles. The number of nitrogens with one attached hydrogen (secondary N) is 1. The summed E-state index contributed by atoms with van der Waals surface area (Å²) in [6.07, 6.45) is 0.820. The first-order valence-electron chi connectivity index (χ1n) is 6.60. The van der Waals surface area contributed by atoms with E-state index in [1.807, 2.05) is 48.5 Å². The van der Waals surface area contributed by atoms with Gasteiger partial charge in [-0.3, -0.25) is 0 Å². The third-order valence-corrected chi connectivity index (χ3v) is 3.51. The van der Waals surface area contributed by atoms with Crippen LogP contribution >= 0.6 is 11.6 Å². The van der Waals surface area contributed by atoms with E-state index in [1.165, 1.54) is 5.56 Å². The van der Waals surface area contributed by atoms with E-state index >= 15 is 0 Å². The van der Waals surface area contributed by atoms with Crippen LogP contribution in [0.2, 0.25) is 5.02 Å². The van der Waals surface area contributed by atoms with Crippen molar-refractivity contribution in [3.8, 4) is 11.8 Å². The zero-order valence-electron chi connectivity index (χ0n) is 11.3. The van der Waals surface area contributed by atoms with Crippen molar-refractivity contribution < 1.29 is 4.74 Å². The number of aromatic amines is 1. The van der Waals surface area contributed by atoms with Crippen molar-refractivity contribution in [2.24, 2.45) is 0 Å². The van der Waals surface area contributed by atoms with E-state index in [0.29, 0.717) is 5.75 Å². The van der Waals surface area contributed by atoms with Crippen LogP contribution in [-0.4, -0.2) is 11.6 Å². The van der Waals surface area contributed by atoms with Gasteiger partial charge in [-0.2, -0.15) is 5.26 Å². The molecule has 4 heteroatoms. The summed E-state index contributed by atoms with van der Waals surface area (Å²) < 4.78 is 5.31. The maximum absolute atomic E-state index is 8.54. The second kappa shape index (κ2) is 5.90. The Morgan fingerprint density at radius 1 is 1.10 bits per heavy atom. The van der Waals surface area contributed by atoms with Gasteiger partial charge in [-0.1, -0.05) is 23.7 Å². The number of hydrogen-bond donors (Lipinski definition) is 1. The second-order valence-corrected chi connectivity index (χ2v) is 5.23. The molecule has 0 saturated carbocycles. The zero-order valence-corrected chi connectivity index (χ0v) is 12.0. The van der Waals surface area contributed by atoms with E-state index in [0.717, 1.165) is 28.0 Å². The highest BCUT2D eigenvalue weighted by molar-refractivity contribution is 6.30. The van der Waals surface area contributed by atoms with Crippen LogP contribution in [0.5, 0.6) is 5.75 Å². The van der Waals surface area contributed by atoms with Gasteiger partial charge in [0.1, 0.15) is 11.8 Å². The average Bonchev–Trinajstić information content (AvgIpc) is 2.89. The molecule has 0 amide bonds. The second-order valence-electron chi connectivity index (χ2n) is 4.79. The maximum atomic E-state index is 8.54. The summed E-state index contributed by atoms with van der Waals surface area (Å²) in [6.45, 7) is 0.0631. The monoisotopic (exact) mass is 296 g/mol. The van der Waals surface area contributed by atoms with Gasteiger partial charge in [-0.15, -0.1) is 0 Å². The van der Waals surface area contributed by atoms with E-state index in [9.17, 15) is 0 Å². The van der Waals surface area contributed by atoms with Gasteiger partial charge in [-0.05, 0) is 42.0 Å². The molecule has 3 rings (SSSR count). The van der Waals surface area contributed by atoms with E-state index in [4.69, 9.17) is 21.6 Å². The molecule has 0 saturated heterocycles. The molecule has 104 valence electrons. The Morgan fingerprint density at radius 2 is 1.90 bits per heavy atom. The highest BCUT2D eigenvalue weighted by atomic mass is 35.5. The van der Waals surface area contributed by atoms with Crippen molar-refractivity contribution in [2.45, 2.75) is 6.42 Å². The molecule has 0 spiro atoms. The summed E-state index contributed by atoms with van der Waals surface area (Å²) in [5.41, 5.74) is 3.39. The SMILES string of the molecule is N#CCOc1ccc2[nH]c(Cc3ccc(Cl)cc3)cc2c1. The normalized spacial score (nSPS) is 10.5. The van der Waals surface area contributed by atoms with Crippen LogP contribution in [0.15, 0.2) is 48.5 Å². The Kier molecular flexibility index (Phi) is 3.81. The predicted molar refractivity (Wildman–Crippen MR) is 83.7 cm³/mol. The van der Waals surface area contributed by atoms with Gasteiger partial charge < -0.3 is 9.72 Å². The molecule has 21 heavy (non-hydrogen) atoms. The molecule has 1 N–H and O–H groups in total. The Morgan fingerprint density at radius 3 is 2.67 bits per heavy atom. The highest BCUT2D eigenvalue weighted by Crippen LogP contribution is 2.23. The summed E-state index contributed by atoms with van der Waals surface area (Å²) in [5, 5.41) is 10.4. The van der Waals surface area contributed by atoms with Gasteiger partial charge in [0.25, 0.3) is 0 Å². The van der Waals surface area contributed by atoms with Crippen LogP contribution in [0, 0.1) is 11.3 Å². The first-order chi connectivity index (χ1) is 10.2. The smallest absolute Gasteiger partial charge is 0.174 e. The number of rotatable bonds is 4. The number of H-pyrrole nitrogens is 1. The largest absolute Gasteiger partial charge is 0.479 e. The van der Waals surface area contributed by atoms with E-state index in [-0.39, 0.29) is 6.61 Å². The van der Waals surface area contributed by atoms with Crippen molar-refractivity contribution in [1.82, 2.24) is 4.98 Å². The fraction of sp³-hybridized carbons (Fsp3) is 0.118. The van der Waals surface area contributed by atoms with Crippen molar-refractivity contribution in [3.63, 3.8) is 0 Å². The van der Waals surface area contributed by atoms with Crippen LogP contribution in [-0.2, 0) is 6.42 Å². The van der Waals surface area contributed by atoms with E-state index < -0.39 is 0 Å². The third kappa shape index (κ3) is 3.18. The summed E-state index contributed by atoms with van der Waals surface area (Å²) in [4.78, 5) is 3.39. The summed E-state index contributed by atoms with van der Waals surface area (Å²) in [5.74, 6) is 0.709. The third-order valence-electron chi connectivity index (χ3n) is 3.26. The van der Waals surface area contributed by atoms with Crippen molar-refractivity contribution >= 4 is 22.5 Å². The molecule has 0 atom stereocenters. The van der Waals surface area contributed by atoms with Gasteiger partial charge in [-0.25, -0.2) is 0 Å². The number of hydrogen-bond acceptors (Lipinski definition) is 2. The number of nitrogens with zero attached hydrogens (tertiary/aromatic N) is 1. The highest BCUT2D eigenvalue weighted by Gasteiger charge is 2.04. The average molecular weight is 297 g/mol. The minimum atomic E-state index is 0.0631. The lowest BCUT2D eigenvalue weighted by atomic mass is 10.1. The molecule has 0 fully saturated rings. The minimum Gasteiger partial charge on any atom is -0.479 e. The van der Waals surface area contributed by atoms with Crippen LogP contribution in [0.3, 0.4) is 0 Å². The topological polar surface area (TPSA) is 48.8 Å². The molecule has 0 aliphatic carbocycles. The maximum Gasteiger partial charge on any atom is 0.174 e. The van der Waals surface area contributed by atoms with Gasteiger partial charge in [0, 0.05) is 28.0 Å². The lowest BCUT2D eigenvalue weighted by Gasteiger charge is -2.00. The standard InChI is InChI=1S/C17H13ClN2O/c18-14-3-1-12(2-4-14)9-15-10-13-11-16(21-8-7-19)5-6-17(13)20-15/h1-6,10-11,20H,8-9H2. The number of nitriles is 1. The summed E-state index contributed by atoms with van der Waals surface area (Å²) >= 11 is 5.89. The van der Waals surface area contributed by atoms with Crippen molar-refractivity contribution in [2.75, 3.05) is 6.61 Å². The van der Waals surface area contributed by atoms with Crippen LogP contribution in [0.1, 0.15) is 11.3 Å². The number of benzene rings is 2. The van der Waals surface area contributed by atoms with Crippen LogP contribution < -0.4 is 4.74 Å². The molecule has 1 heterocycles. The lowest BCUT2D eigenvalue weighted by molar-refractivity contribution is 0.368. The summed E-state index contributed by atoms with van der Waals surface area (Å²) in [7, 11) is 0. The molecule has 3 nitrogen and oxygen atoms in total. The van der Waals surface area contributed by atoms with Gasteiger partial charge >= 0.3 is 0 Å². The molecule has 0 aliphatic heterocycles. The number of ether oxygens (including phenoxy) is 1.